The van der Waals surface area contributed by atoms with Gasteiger partial charge in [-0.05, 0) is 43.3 Å². The van der Waals surface area contributed by atoms with Gasteiger partial charge in [0.15, 0.2) is 5.65 Å². The van der Waals surface area contributed by atoms with Gasteiger partial charge in [0.2, 0.25) is 4.87 Å². The number of halogens is 1. The Kier molecular flexibility index (Phi) is 4.30. The van der Waals surface area contributed by atoms with Crippen LogP contribution in [0.15, 0.2) is 47.1 Å². The van der Waals surface area contributed by atoms with Crippen molar-refractivity contribution in [2.75, 3.05) is 11.1 Å². The molecule has 3 aromatic rings. The number of hydrogen-bond acceptors (Lipinski definition) is 6. The third-order valence-corrected chi connectivity index (χ3v) is 7.00. The first kappa shape index (κ1) is 19.0. The van der Waals surface area contributed by atoms with E-state index in [1.165, 1.54) is 11.8 Å². The van der Waals surface area contributed by atoms with Crippen molar-refractivity contribution in [1.82, 2.24) is 20.4 Å². The maximum Gasteiger partial charge on any atom is 0.271 e. The number of aromatic nitrogens is 2. The Bertz CT molecular complexity index is 1270. The predicted octanol–water partition coefficient (Wildman–Crippen LogP) is 2.73. The first-order chi connectivity index (χ1) is 14.4. The molecule has 2 aliphatic rings. The molecular weight excluding hydrogens is 470 g/mol. The monoisotopic (exact) mass is 483 g/mol. The normalized spacial score (nSPS) is 20.0. The highest BCUT2D eigenvalue weighted by Gasteiger charge is 2.59. The number of anilines is 1. The van der Waals surface area contributed by atoms with Crippen LogP contribution in [0.2, 0.25) is 0 Å². The van der Waals surface area contributed by atoms with Crippen LogP contribution in [0.25, 0.3) is 11.0 Å². The van der Waals surface area contributed by atoms with Crippen molar-refractivity contribution >= 4 is 62.1 Å². The number of aryl methyl sites for hydroxylation is 1. The highest BCUT2D eigenvalue weighted by Crippen LogP contribution is 2.51. The smallest absolute Gasteiger partial charge is 0.271 e. The number of hydrogen-bond donors (Lipinski definition) is 2. The van der Waals surface area contributed by atoms with Crippen molar-refractivity contribution < 1.29 is 14.4 Å². The SMILES string of the molecule is Cc1nc2ncccc2cc1C(=O)NN1C(=O)CSC12C(=O)Nc1ccc(Br)cc12. The molecule has 1 fully saturated rings. The fourth-order valence-corrected chi connectivity index (χ4v) is 5.30. The quantitative estimate of drug-likeness (QED) is 0.580. The zero-order valence-electron chi connectivity index (χ0n) is 15.6. The number of pyridine rings is 2. The number of nitrogens with zero attached hydrogens (tertiary/aromatic N) is 3. The number of carbonyl (C=O) groups excluding carboxylic acids is 3. The Hall–Kier alpha value is -2.98. The van der Waals surface area contributed by atoms with Gasteiger partial charge >= 0.3 is 0 Å². The van der Waals surface area contributed by atoms with Gasteiger partial charge in [0.05, 0.1) is 17.0 Å². The van der Waals surface area contributed by atoms with Crippen LogP contribution in [0.3, 0.4) is 0 Å². The number of fused-ring (bicyclic) bond motifs is 3. The van der Waals surface area contributed by atoms with Crippen LogP contribution in [-0.2, 0) is 14.5 Å². The third-order valence-electron chi connectivity index (χ3n) is 5.11. The number of hydrazine groups is 1. The minimum atomic E-state index is -1.36. The molecule has 1 atom stereocenters. The Morgan fingerprint density at radius 3 is 2.97 bits per heavy atom. The van der Waals surface area contributed by atoms with Crippen LogP contribution >= 0.6 is 27.7 Å². The molecule has 5 rings (SSSR count). The Morgan fingerprint density at radius 2 is 2.13 bits per heavy atom. The van der Waals surface area contributed by atoms with E-state index in [1.807, 2.05) is 6.07 Å². The number of amides is 3. The molecular formula is C20H14BrN5O3S. The summed E-state index contributed by atoms with van der Waals surface area (Å²) in [6.07, 6.45) is 1.63. The highest BCUT2D eigenvalue weighted by molar-refractivity contribution is 9.10. The van der Waals surface area contributed by atoms with Gasteiger partial charge in [-0.25, -0.2) is 15.0 Å². The van der Waals surface area contributed by atoms with Crippen molar-refractivity contribution in [1.29, 1.82) is 0 Å². The van der Waals surface area contributed by atoms with Crippen LogP contribution in [0.1, 0.15) is 21.6 Å². The van der Waals surface area contributed by atoms with E-state index < -0.39 is 10.8 Å². The summed E-state index contributed by atoms with van der Waals surface area (Å²) in [7, 11) is 0. The Labute approximate surface area is 183 Å². The van der Waals surface area contributed by atoms with Crippen LogP contribution in [0.4, 0.5) is 5.69 Å². The van der Waals surface area contributed by atoms with Crippen LogP contribution in [0, 0.1) is 6.92 Å². The van der Waals surface area contributed by atoms with Gasteiger partial charge in [0.25, 0.3) is 17.7 Å². The molecule has 0 aliphatic carbocycles. The van der Waals surface area contributed by atoms with E-state index >= 15 is 0 Å². The van der Waals surface area contributed by atoms with Crippen molar-refractivity contribution in [3.8, 4) is 0 Å². The molecule has 30 heavy (non-hydrogen) atoms. The Balaban J connectivity index is 1.55. The third kappa shape index (κ3) is 2.71. The molecule has 1 saturated heterocycles. The minimum absolute atomic E-state index is 0.0680. The average molecular weight is 484 g/mol. The first-order valence-electron chi connectivity index (χ1n) is 9.02. The molecule has 2 aliphatic heterocycles. The second-order valence-electron chi connectivity index (χ2n) is 6.92. The lowest BCUT2D eigenvalue weighted by Gasteiger charge is -2.32. The molecule has 4 heterocycles. The maximum absolute atomic E-state index is 13.1. The molecule has 3 amide bonds. The van der Waals surface area contributed by atoms with E-state index in [1.54, 1.807) is 43.5 Å². The molecule has 0 bridgehead atoms. The van der Waals surface area contributed by atoms with Gasteiger partial charge in [0.1, 0.15) is 0 Å². The van der Waals surface area contributed by atoms with Gasteiger partial charge in [0, 0.05) is 27.3 Å². The van der Waals surface area contributed by atoms with Crippen LogP contribution in [0.5, 0.6) is 0 Å². The fraction of sp³-hybridized carbons (Fsp3) is 0.150. The van der Waals surface area contributed by atoms with E-state index in [9.17, 15) is 14.4 Å². The van der Waals surface area contributed by atoms with Gasteiger partial charge < -0.3 is 5.32 Å². The maximum atomic E-state index is 13.1. The molecule has 1 unspecified atom stereocenters. The lowest BCUT2D eigenvalue weighted by molar-refractivity contribution is -0.139. The van der Waals surface area contributed by atoms with Crippen LogP contribution in [-0.4, -0.2) is 38.5 Å². The van der Waals surface area contributed by atoms with Crippen LogP contribution < -0.4 is 10.7 Å². The van der Waals surface area contributed by atoms with Crippen molar-refractivity contribution in [2.24, 2.45) is 0 Å². The molecule has 0 saturated carbocycles. The average Bonchev–Trinajstić information content (AvgIpc) is 3.19. The predicted molar refractivity (Wildman–Crippen MR) is 115 cm³/mol. The summed E-state index contributed by atoms with van der Waals surface area (Å²) in [6.45, 7) is 1.70. The largest absolute Gasteiger partial charge is 0.322 e. The summed E-state index contributed by atoms with van der Waals surface area (Å²) in [5, 5.41) is 4.66. The summed E-state index contributed by atoms with van der Waals surface area (Å²) < 4.78 is 0.769. The van der Waals surface area contributed by atoms with Gasteiger partial charge in [-0.2, -0.15) is 0 Å². The molecule has 0 radical (unpaired) electrons. The van der Waals surface area contributed by atoms with Crippen molar-refractivity contribution in [3.05, 3.63) is 63.9 Å². The number of benzene rings is 1. The number of carbonyl (C=O) groups is 3. The second kappa shape index (κ2) is 6.78. The fourth-order valence-electron chi connectivity index (χ4n) is 3.70. The first-order valence-corrected chi connectivity index (χ1v) is 10.8. The van der Waals surface area contributed by atoms with E-state index in [0.29, 0.717) is 33.5 Å². The number of thioether (sulfide) groups is 1. The summed E-state index contributed by atoms with van der Waals surface area (Å²) in [6, 6.07) is 10.6. The molecule has 8 nitrogen and oxygen atoms in total. The second-order valence-corrected chi connectivity index (χ2v) is 9.00. The summed E-state index contributed by atoms with van der Waals surface area (Å²) in [5.74, 6) is -1.18. The van der Waals surface area contributed by atoms with Crippen molar-refractivity contribution in [2.45, 2.75) is 11.8 Å². The summed E-state index contributed by atoms with van der Waals surface area (Å²) in [5.41, 5.74) is 5.21. The van der Waals surface area contributed by atoms with Crippen molar-refractivity contribution in [3.63, 3.8) is 0 Å². The lowest BCUT2D eigenvalue weighted by Crippen LogP contribution is -2.55. The number of nitrogens with one attached hydrogen (secondary N) is 2. The summed E-state index contributed by atoms with van der Waals surface area (Å²) >= 11 is 4.59. The molecule has 2 N–H and O–H groups in total. The molecule has 1 aromatic carbocycles. The topological polar surface area (TPSA) is 104 Å². The molecule has 150 valence electrons. The van der Waals surface area contributed by atoms with E-state index in [2.05, 4.69) is 36.6 Å². The molecule has 10 heteroatoms. The lowest BCUT2D eigenvalue weighted by atomic mass is 10.1. The van der Waals surface area contributed by atoms with E-state index in [4.69, 9.17) is 0 Å². The number of rotatable bonds is 2. The Morgan fingerprint density at radius 1 is 1.30 bits per heavy atom. The molecule has 2 aromatic heterocycles. The minimum Gasteiger partial charge on any atom is -0.322 e. The van der Waals surface area contributed by atoms with Gasteiger partial charge in [-0.15, -0.1) is 11.8 Å². The van der Waals surface area contributed by atoms with Gasteiger partial charge in [-0.3, -0.25) is 19.8 Å². The standard InChI is InChI=1S/C20H14BrN5O3S/c1-10-13(7-11-3-2-6-22-17(11)23-10)18(28)25-26-16(27)9-30-20(26)14-8-12(21)4-5-15(14)24-19(20)29/h2-8H,9H2,1H3,(H,24,29)(H,25,28). The highest BCUT2D eigenvalue weighted by atomic mass is 79.9. The molecule has 1 spiro atoms. The van der Waals surface area contributed by atoms with Gasteiger partial charge in [-0.1, -0.05) is 15.9 Å². The zero-order valence-corrected chi connectivity index (χ0v) is 18.0. The zero-order chi connectivity index (χ0) is 21.0. The summed E-state index contributed by atoms with van der Waals surface area (Å²) in [4.78, 5) is 46.0. The van der Waals surface area contributed by atoms with E-state index in [0.717, 1.165) is 9.48 Å². The van der Waals surface area contributed by atoms with E-state index in [-0.39, 0.29) is 17.6 Å².